The average molecular weight is 259 g/mol. The largest absolute Gasteiger partial charge is 0.481 e. The van der Waals surface area contributed by atoms with Crippen molar-refractivity contribution in [2.75, 3.05) is 11.5 Å². The molecule has 0 bridgehead atoms. The van der Waals surface area contributed by atoms with E-state index in [-0.39, 0.29) is 6.42 Å². The van der Waals surface area contributed by atoms with E-state index in [1.54, 1.807) is 0 Å². The molecule has 0 radical (unpaired) electrons. The van der Waals surface area contributed by atoms with Crippen molar-refractivity contribution in [1.29, 1.82) is 0 Å². The lowest BCUT2D eigenvalue weighted by molar-refractivity contribution is -0.185. The molecule has 96 valence electrons. The highest BCUT2D eigenvalue weighted by molar-refractivity contribution is 7.99. The van der Waals surface area contributed by atoms with Gasteiger partial charge >= 0.3 is 12.1 Å². The molecule has 0 aromatic heterocycles. The van der Waals surface area contributed by atoms with Crippen molar-refractivity contribution in [2.24, 2.45) is 11.7 Å². The monoisotopic (exact) mass is 259 g/mol. The molecule has 3 N–H and O–H groups in total. The second kappa shape index (κ2) is 7.01. The van der Waals surface area contributed by atoms with Crippen molar-refractivity contribution in [3.63, 3.8) is 0 Å². The summed E-state index contributed by atoms with van der Waals surface area (Å²) >= 11 is 1.45. The molecule has 0 aliphatic heterocycles. The van der Waals surface area contributed by atoms with Crippen LogP contribution < -0.4 is 5.73 Å². The average Bonchev–Trinajstić information content (AvgIpc) is 2.11. The van der Waals surface area contributed by atoms with Gasteiger partial charge in [0.1, 0.15) is 0 Å². The van der Waals surface area contributed by atoms with Crippen molar-refractivity contribution in [3.8, 4) is 0 Å². The lowest BCUT2D eigenvalue weighted by Gasteiger charge is -2.21. The van der Waals surface area contributed by atoms with Gasteiger partial charge in [-0.15, -0.1) is 0 Å². The summed E-state index contributed by atoms with van der Waals surface area (Å²) in [5, 5.41) is 8.39. The Morgan fingerprint density at radius 2 is 2.06 bits per heavy atom. The Hall–Kier alpha value is -0.430. The number of aliphatic carboxylic acids is 1. The lowest BCUT2D eigenvalue weighted by atomic mass is 9.97. The Balaban J connectivity index is 4.26. The van der Waals surface area contributed by atoms with E-state index in [0.29, 0.717) is 5.75 Å². The first-order valence-electron chi connectivity index (χ1n) is 4.89. The summed E-state index contributed by atoms with van der Waals surface area (Å²) in [6.07, 6.45) is -5.73. The predicted molar refractivity (Wildman–Crippen MR) is 57.4 cm³/mol. The minimum absolute atomic E-state index is 0.331. The van der Waals surface area contributed by atoms with E-state index in [9.17, 15) is 18.0 Å². The summed E-state index contributed by atoms with van der Waals surface area (Å²) in [5.41, 5.74) is 5.52. The van der Waals surface area contributed by atoms with Gasteiger partial charge in [0, 0.05) is 11.8 Å². The number of hydrogen-bond donors (Lipinski definition) is 2. The molecule has 7 heteroatoms. The van der Waals surface area contributed by atoms with Crippen LogP contribution in [0.25, 0.3) is 0 Å². The molecule has 0 aliphatic carbocycles. The van der Waals surface area contributed by atoms with E-state index in [1.807, 2.05) is 6.92 Å². The zero-order chi connectivity index (χ0) is 12.8. The number of carboxylic acid groups (broad SMARTS) is 1. The highest BCUT2D eigenvalue weighted by Crippen LogP contribution is 2.32. The first-order valence-corrected chi connectivity index (χ1v) is 6.04. The second-order valence-electron chi connectivity index (χ2n) is 3.49. The van der Waals surface area contributed by atoms with Crippen LogP contribution in [0.3, 0.4) is 0 Å². The van der Waals surface area contributed by atoms with Gasteiger partial charge in [-0.2, -0.15) is 24.9 Å². The van der Waals surface area contributed by atoms with Gasteiger partial charge in [-0.05, 0) is 12.2 Å². The second-order valence-corrected chi connectivity index (χ2v) is 4.81. The van der Waals surface area contributed by atoms with E-state index in [1.165, 1.54) is 11.8 Å². The normalized spacial score (nSPS) is 15.8. The first kappa shape index (κ1) is 15.6. The molecule has 0 aromatic carbocycles. The molecule has 0 heterocycles. The smallest absolute Gasteiger partial charge is 0.392 e. The van der Waals surface area contributed by atoms with Crippen LogP contribution in [0.4, 0.5) is 13.2 Å². The third kappa shape index (κ3) is 6.95. The number of carbonyl (C=O) groups is 1. The molecule has 0 saturated carbocycles. The van der Waals surface area contributed by atoms with Gasteiger partial charge in [0.05, 0.1) is 12.3 Å². The van der Waals surface area contributed by atoms with Crippen LogP contribution in [-0.2, 0) is 4.79 Å². The van der Waals surface area contributed by atoms with Crippen LogP contribution in [0.2, 0.25) is 0 Å². The molecule has 0 aromatic rings. The Bertz CT molecular complexity index is 223. The number of carboxylic acids is 1. The van der Waals surface area contributed by atoms with Crippen molar-refractivity contribution in [3.05, 3.63) is 0 Å². The molecule has 3 nitrogen and oxygen atoms in total. The molecule has 16 heavy (non-hydrogen) atoms. The van der Waals surface area contributed by atoms with Gasteiger partial charge in [0.15, 0.2) is 0 Å². The van der Waals surface area contributed by atoms with Gasteiger partial charge in [-0.25, -0.2) is 0 Å². The fourth-order valence-electron chi connectivity index (χ4n) is 1.25. The molecule has 0 aliphatic rings. The number of halogens is 3. The van der Waals surface area contributed by atoms with Gasteiger partial charge in [-0.1, -0.05) is 6.92 Å². The predicted octanol–water partition coefficient (Wildman–Crippen LogP) is 2.11. The summed E-state index contributed by atoms with van der Waals surface area (Å²) in [4.78, 5) is 10.3. The Kier molecular flexibility index (Phi) is 6.82. The third-order valence-corrected chi connectivity index (χ3v) is 3.08. The summed E-state index contributed by atoms with van der Waals surface area (Å²) in [6, 6.07) is -0.615. The topological polar surface area (TPSA) is 63.3 Å². The lowest BCUT2D eigenvalue weighted by Crippen LogP contribution is -2.34. The van der Waals surface area contributed by atoms with Gasteiger partial charge in [0.2, 0.25) is 0 Å². The quantitative estimate of drug-likeness (QED) is 0.735. The van der Waals surface area contributed by atoms with Crippen molar-refractivity contribution < 1.29 is 23.1 Å². The standard InChI is InChI=1S/C9H16F3NO2S/c1-2-16-5-7(13)3-6(4-8(14)15)9(10,11)12/h6-7H,2-5,13H2,1H3,(H,14,15). The summed E-state index contributed by atoms with van der Waals surface area (Å²) in [7, 11) is 0. The molecule has 0 rings (SSSR count). The fourth-order valence-corrected chi connectivity index (χ4v) is 1.92. The highest BCUT2D eigenvalue weighted by atomic mass is 32.2. The molecule has 0 saturated heterocycles. The molecule has 2 atom stereocenters. The van der Waals surface area contributed by atoms with Crippen molar-refractivity contribution >= 4 is 17.7 Å². The summed E-state index contributed by atoms with van der Waals surface area (Å²) in [6.45, 7) is 1.88. The SMILES string of the molecule is CCSCC(N)CC(CC(=O)O)C(F)(F)F. The molecule has 0 spiro atoms. The molecular formula is C9H16F3NO2S. The fraction of sp³-hybridized carbons (Fsp3) is 0.889. The van der Waals surface area contributed by atoms with E-state index in [4.69, 9.17) is 10.8 Å². The van der Waals surface area contributed by atoms with Gasteiger partial charge < -0.3 is 10.8 Å². The van der Waals surface area contributed by atoms with Crippen LogP contribution in [-0.4, -0.2) is 34.8 Å². The van der Waals surface area contributed by atoms with Gasteiger partial charge in [-0.3, -0.25) is 4.79 Å². The summed E-state index contributed by atoms with van der Waals surface area (Å²) in [5.74, 6) is -2.10. The van der Waals surface area contributed by atoms with E-state index < -0.39 is 30.5 Å². The highest BCUT2D eigenvalue weighted by Gasteiger charge is 2.41. The van der Waals surface area contributed by atoms with E-state index in [0.717, 1.165) is 5.75 Å². The Morgan fingerprint density at radius 1 is 1.50 bits per heavy atom. The zero-order valence-corrected chi connectivity index (χ0v) is 9.77. The maximum Gasteiger partial charge on any atom is 0.392 e. The third-order valence-electron chi connectivity index (χ3n) is 2.01. The Labute approximate surface area is 96.6 Å². The maximum absolute atomic E-state index is 12.4. The van der Waals surface area contributed by atoms with Crippen LogP contribution in [0, 0.1) is 5.92 Å². The number of thioether (sulfide) groups is 1. The van der Waals surface area contributed by atoms with Crippen molar-refractivity contribution in [1.82, 2.24) is 0 Å². The van der Waals surface area contributed by atoms with Gasteiger partial charge in [0.25, 0.3) is 0 Å². The molecule has 0 amide bonds. The number of rotatable bonds is 7. The number of alkyl halides is 3. The van der Waals surface area contributed by atoms with Crippen LogP contribution in [0.5, 0.6) is 0 Å². The Morgan fingerprint density at radius 3 is 2.44 bits per heavy atom. The van der Waals surface area contributed by atoms with Crippen molar-refractivity contribution in [2.45, 2.75) is 32.0 Å². The molecule has 2 unspecified atom stereocenters. The minimum atomic E-state index is -4.49. The maximum atomic E-state index is 12.4. The van der Waals surface area contributed by atoms with E-state index >= 15 is 0 Å². The molecular weight excluding hydrogens is 243 g/mol. The minimum Gasteiger partial charge on any atom is -0.481 e. The van der Waals surface area contributed by atoms with Crippen LogP contribution in [0.1, 0.15) is 19.8 Å². The van der Waals surface area contributed by atoms with Crippen LogP contribution >= 0.6 is 11.8 Å². The summed E-state index contributed by atoms with van der Waals surface area (Å²) < 4.78 is 37.3. The van der Waals surface area contributed by atoms with Crippen LogP contribution in [0.15, 0.2) is 0 Å². The number of nitrogens with two attached hydrogens (primary N) is 1. The number of hydrogen-bond acceptors (Lipinski definition) is 3. The zero-order valence-electron chi connectivity index (χ0n) is 8.96. The first-order chi connectivity index (χ1) is 7.27. The molecule has 0 fully saturated rings. The van der Waals surface area contributed by atoms with E-state index in [2.05, 4.69) is 0 Å².